The Morgan fingerprint density at radius 3 is 2.61 bits per heavy atom. The first-order valence-electron chi connectivity index (χ1n) is 6.36. The number of hydrogen-bond acceptors (Lipinski definition) is 2. The molecule has 1 aliphatic carbocycles. The highest BCUT2D eigenvalue weighted by molar-refractivity contribution is 5.31. The van der Waals surface area contributed by atoms with Crippen LogP contribution in [0.1, 0.15) is 31.9 Å². The van der Waals surface area contributed by atoms with Gasteiger partial charge in [0, 0.05) is 11.8 Å². The number of aliphatic hydroxyl groups is 1. The van der Waals surface area contributed by atoms with E-state index >= 15 is 0 Å². The lowest BCUT2D eigenvalue weighted by atomic mass is 10.0. The molecule has 3 heteroatoms. The van der Waals surface area contributed by atoms with Crippen molar-refractivity contribution in [2.75, 3.05) is 0 Å². The average molecular weight is 242 g/mol. The summed E-state index contributed by atoms with van der Waals surface area (Å²) in [6.07, 6.45) is 4.39. The highest BCUT2D eigenvalue weighted by Crippen LogP contribution is 2.57. The molecular formula is C15H18N2O. The molecule has 2 atom stereocenters. The van der Waals surface area contributed by atoms with E-state index < -0.39 is 6.10 Å². The molecule has 0 aliphatic heterocycles. The van der Waals surface area contributed by atoms with Crippen LogP contribution in [0.15, 0.2) is 42.7 Å². The van der Waals surface area contributed by atoms with E-state index in [0.29, 0.717) is 5.92 Å². The third-order valence-corrected chi connectivity index (χ3v) is 3.94. The van der Waals surface area contributed by atoms with Crippen molar-refractivity contribution in [3.05, 3.63) is 48.3 Å². The molecule has 1 aromatic carbocycles. The number of aromatic nitrogens is 2. The molecule has 1 N–H and O–H groups in total. The lowest BCUT2D eigenvalue weighted by molar-refractivity contribution is 0.138. The number of nitrogens with zero attached hydrogens (tertiary/aromatic N) is 2. The van der Waals surface area contributed by atoms with E-state index in [1.165, 1.54) is 0 Å². The van der Waals surface area contributed by atoms with Gasteiger partial charge in [-0.25, -0.2) is 4.68 Å². The van der Waals surface area contributed by atoms with Gasteiger partial charge in [0.25, 0.3) is 0 Å². The van der Waals surface area contributed by atoms with E-state index in [0.717, 1.165) is 17.7 Å². The van der Waals surface area contributed by atoms with Crippen LogP contribution in [-0.2, 0) is 0 Å². The van der Waals surface area contributed by atoms with Crippen LogP contribution < -0.4 is 0 Å². The molecule has 0 amide bonds. The second kappa shape index (κ2) is 3.95. The van der Waals surface area contributed by atoms with Crippen LogP contribution >= 0.6 is 0 Å². The van der Waals surface area contributed by atoms with E-state index in [1.807, 2.05) is 41.2 Å². The Morgan fingerprint density at radius 1 is 1.33 bits per heavy atom. The molecule has 2 aromatic rings. The van der Waals surface area contributed by atoms with Gasteiger partial charge in [0.05, 0.1) is 18.0 Å². The summed E-state index contributed by atoms with van der Waals surface area (Å²) in [7, 11) is 0. The Balaban J connectivity index is 1.82. The van der Waals surface area contributed by atoms with Crippen molar-refractivity contribution in [3.8, 4) is 5.69 Å². The molecule has 1 aromatic heterocycles. The molecule has 3 rings (SSSR count). The lowest BCUT2D eigenvalue weighted by Crippen LogP contribution is -2.03. The van der Waals surface area contributed by atoms with Crippen molar-refractivity contribution >= 4 is 0 Å². The van der Waals surface area contributed by atoms with Gasteiger partial charge in [-0.15, -0.1) is 0 Å². The predicted octanol–water partition coefficient (Wildman–Crippen LogP) is 2.95. The third kappa shape index (κ3) is 1.95. The summed E-state index contributed by atoms with van der Waals surface area (Å²) in [5, 5.41) is 14.6. The van der Waals surface area contributed by atoms with Gasteiger partial charge in [0.1, 0.15) is 0 Å². The van der Waals surface area contributed by atoms with E-state index in [2.05, 4.69) is 18.9 Å². The van der Waals surface area contributed by atoms with Crippen molar-refractivity contribution < 1.29 is 5.11 Å². The minimum Gasteiger partial charge on any atom is -0.388 e. The first kappa shape index (κ1) is 11.5. The zero-order valence-electron chi connectivity index (χ0n) is 10.7. The van der Waals surface area contributed by atoms with Crippen molar-refractivity contribution in [2.24, 2.45) is 11.3 Å². The molecule has 1 heterocycles. The summed E-state index contributed by atoms with van der Waals surface area (Å²) in [6, 6.07) is 9.96. The fourth-order valence-corrected chi connectivity index (χ4v) is 2.49. The van der Waals surface area contributed by atoms with Crippen molar-refractivity contribution in [1.29, 1.82) is 0 Å². The maximum absolute atomic E-state index is 10.3. The van der Waals surface area contributed by atoms with E-state index in [1.54, 1.807) is 6.20 Å². The maximum Gasteiger partial charge on any atom is 0.0854 e. The van der Waals surface area contributed by atoms with Crippen LogP contribution in [0.5, 0.6) is 0 Å². The van der Waals surface area contributed by atoms with Gasteiger partial charge in [0.15, 0.2) is 0 Å². The zero-order valence-corrected chi connectivity index (χ0v) is 10.7. The van der Waals surface area contributed by atoms with Gasteiger partial charge < -0.3 is 5.11 Å². The maximum atomic E-state index is 10.3. The summed E-state index contributed by atoms with van der Waals surface area (Å²) in [6.45, 7) is 4.39. The standard InChI is InChI=1S/C15H18N2O/c1-15(2)8-13(15)14(18)11-9-16-17(10-11)12-6-4-3-5-7-12/h3-7,9-10,13-14,18H,8H2,1-2H3. The molecule has 1 aliphatic rings. The average Bonchev–Trinajstić information content (AvgIpc) is 2.81. The van der Waals surface area contributed by atoms with Crippen LogP contribution in [0.2, 0.25) is 0 Å². The lowest BCUT2D eigenvalue weighted by Gasteiger charge is -2.09. The molecule has 0 radical (unpaired) electrons. The molecule has 18 heavy (non-hydrogen) atoms. The van der Waals surface area contributed by atoms with Crippen molar-refractivity contribution in [3.63, 3.8) is 0 Å². The van der Waals surface area contributed by atoms with Gasteiger partial charge in [-0.05, 0) is 29.9 Å². The number of rotatable bonds is 3. The summed E-state index contributed by atoms with van der Waals surface area (Å²) in [5.41, 5.74) is 2.20. The van der Waals surface area contributed by atoms with Gasteiger partial charge >= 0.3 is 0 Å². The van der Waals surface area contributed by atoms with E-state index in [-0.39, 0.29) is 5.41 Å². The van der Waals surface area contributed by atoms with Gasteiger partial charge in [-0.1, -0.05) is 32.0 Å². The molecule has 94 valence electrons. The normalized spacial score (nSPS) is 22.7. The highest BCUT2D eigenvalue weighted by atomic mass is 16.3. The molecule has 1 fully saturated rings. The zero-order chi connectivity index (χ0) is 12.8. The number of hydrogen-bond donors (Lipinski definition) is 1. The van der Waals surface area contributed by atoms with E-state index in [4.69, 9.17) is 0 Å². The van der Waals surface area contributed by atoms with Crippen molar-refractivity contribution in [1.82, 2.24) is 9.78 Å². The summed E-state index contributed by atoms with van der Waals surface area (Å²) in [4.78, 5) is 0. The van der Waals surface area contributed by atoms with Crippen LogP contribution in [0.3, 0.4) is 0 Å². The van der Waals surface area contributed by atoms with Gasteiger partial charge in [-0.2, -0.15) is 5.10 Å². The van der Waals surface area contributed by atoms with Crippen LogP contribution in [0.4, 0.5) is 0 Å². The summed E-state index contributed by atoms with van der Waals surface area (Å²) < 4.78 is 1.81. The summed E-state index contributed by atoms with van der Waals surface area (Å²) >= 11 is 0. The second-order valence-corrected chi connectivity index (χ2v) is 5.80. The minimum atomic E-state index is -0.391. The van der Waals surface area contributed by atoms with Crippen molar-refractivity contribution in [2.45, 2.75) is 26.4 Å². The quantitative estimate of drug-likeness (QED) is 0.898. The Bertz CT molecular complexity index is 545. The van der Waals surface area contributed by atoms with E-state index in [9.17, 15) is 5.11 Å². The molecule has 2 unspecified atom stereocenters. The topological polar surface area (TPSA) is 38.1 Å². The first-order chi connectivity index (χ1) is 8.58. The Kier molecular flexibility index (Phi) is 2.52. The van der Waals surface area contributed by atoms with Crippen LogP contribution in [-0.4, -0.2) is 14.9 Å². The Morgan fingerprint density at radius 2 is 2.00 bits per heavy atom. The Hall–Kier alpha value is -1.61. The fourth-order valence-electron chi connectivity index (χ4n) is 2.49. The highest BCUT2D eigenvalue weighted by Gasteiger charge is 2.50. The smallest absolute Gasteiger partial charge is 0.0854 e. The molecule has 0 saturated heterocycles. The number of para-hydroxylation sites is 1. The Labute approximate surface area is 107 Å². The molecule has 0 spiro atoms. The first-order valence-corrected chi connectivity index (χ1v) is 6.36. The molecule has 3 nitrogen and oxygen atoms in total. The largest absolute Gasteiger partial charge is 0.388 e. The van der Waals surface area contributed by atoms with Gasteiger partial charge in [0.2, 0.25) is 0 Å². The summed E-state index contributed by atoms with van der Waals surface area (Å²) in [5.74, 6) is 0.367. The van der Waals surface area contributed by atoms with Crippen LogP contribution in [0.25, 0.3) is 5.69 Å². The molecule has 0 bridgehead atoms. The fraction of sp³-hybridized carbons (Fsp3) is 0.400. The van der Waals surface area contributed by atoms with Crippen LogP contribution in [0, 0.1) is 11.3 Å². The SMILES string of the molecule is CC1(C)CC1C(O)c1cnn(-c2ccccc2)c1. The minimum absolute atomic E-state index is 0.272. The predicted molar refractivity (Wildman–Crippen MR) is 70.4 cm³/mol. The number of benzene rings is 1. The monoisotopic (exact) mass is 242 g/mol. The third-order valence-electron chi connectivity index (χ3n) is 3.94. The second-order valence-electron chi connectivity index (χ2n) is 5.80. The number of aliphatic hydroxyl groups excluding tert-OH is 1. The molecule has 1 saturated carbocycles. The van der Waals surface area contributed by atoms with Gasteiger partial charge in [-0.3, -0.25) is 0 Å². The molecular weight excluding hydrogens is 224 g/mol.